The van der Waals surface area contributed by atoms with Gasteiger partial charge in [-0.05, 0) is 19.1 Å². The number of aldehydes is 1. The molecular formula is C15H15N3O2. The first kappa shape index (κ1) is 13.7. The van der Waals surface area contributed by atoms with Gasteiger partial charge in [-0.2, -0.15) is 5.10 Å². The molecule has 0 bridgehead atoms. The maximum Gasteiger partial charge on any atom is 0.156 e. The van der Waals surface area contributed by atoms with Crippen molar-refractivity contribution in [3.8, 4) is 29.4 Å². The maximum atomic E-state index is 11.3. The van der Waals surface area contributed by atoms with Gasteiger partial charge in [0.05, 0.1) is 12.2 Å². The predicted molar refractivity (Wildman–Crippen MR) is 77.5 cm³/mol. The van der Waals surface area contributed by atoms with Gasteiger partial charge in [-0.3, -0.25) is 4.79 Å². The Hall–Kier alpha value is -2.74. The standard InChI is InChI=1S/C15H15N3O2/c1-3-9-18-15(16)12(10-19)14(17-18)11-7-5-6-8-13(11)20-4-2/h1,5-8,10H,4,9,16H2,2H3. The Bertz CT molecular complexity index is 668. The fourth-order valence-electron chi connectivity index (χ4n) is 1.95. The number of carbonyl (C=O) groups excluding carboxylic acids is 1. The van der Waals surface area contributed by atoms with E-state index in [4.69, 9.17) is 16.9 Å². The van der Waals surface area contributed by atoms with E-state index in [2.05, 4.69) is 11.0 Å². The number of carbonyl (C=O) groups is 1. The van der Waals surface area contributed by atoms with E-state index in [1.807, 2.05) is 31.2 Å². The molecule has 0 aliphatic rings. The molecule has 5 nitrogen and oxygen atoms in total. The molecule has 0 radical (unpaired) electrons. The zero-order chi connectivity index (χ0) is 14.5. The van der Waals surface area contributed by atoms with Gasteiger partial charge >= 0.3 is 0 Å². The quantitative estimate of drug-likeness (QED) is 0.665. The topological polar surface area (TPSA) is 70.1 Å². The highest BCUT2D eigenvalue weighted by molar-refractivity contribution is 5.92. The third kappa shape index (κ3) is 2.36. The van der Waals surface area contributed by atoms with Crippen molar-refractivity contribution in [2.75, 3.05) is 12.3 Å². The van der Waals surface area contributed by atoms with Crippen LogP contribution in [0.4, 0.5) is 5.82 Å². The van der Waals surface area contributed by atoms with Crippen molar-refractivity contribution in [3.05, 3.63) is 29.8 Å². The van der Waals surface area contributed by atoms with Gasteiger partial charge in [0.25, 0.3) is 0 Å². The van der Waals surface area contributed by atoms with Gasteiger partial charge in [-0.25, -0.2) is 4.68 Å². The number of terminal acetylenes is 1. The molecule has 2 aromatic rings. The van der Waals surface area contributed by atoms with E-state index in [1.54, 1.807) is 0 Å². The normalized spacial score (nSPS) is 10.0. The van der Waals surface area contributed by atoms with Crippen LogP contribution in [-0.4, -0.2) is 22.7 Å². The molecule has 0 aliphatic carbocycles. The van der Waals surface area contributed by atoms with E-state index in [1.165, 1.54) is 4.68 Å². The molecule has 0 saturated heterocycles. The van der Waals surface area contributed by atoms with E-state index >= 15 is 0 Å². The maximum absolute atomic E-state index is 11.3. The summed E-state index contributed by atoms with van der Waals surface area (Å²) in [5, 5.41) is 4.32. The number of rotatable bonds is 5. The summed E-state index contributed by atoms with van der Waals surface area (Å²) in [6.07, 6.45) is 5.96. The highest BCUT2D eigenvalue weighted by atomic mass is 16.5. The summed E-state index contributed by atoms with van der Waals surface area (Å²) in [5.41, 5.74) is 7.43. The number of nitrogens with zero attached hydrogens (tertiary/aromatic N) is 2. The summed E-state index contributed by atoms with van der Waals surface area (Å²) in [6.45, 7) is 2.63. The van der Waals surface area contributed by atoms with E-state index in [9.17, 15) is 4.79 Å². The number of hydrogen-bond acceptors (Lipinski definition) is 4. The number of nitrogen functional groups attached to an aromatic ring is 1. The first-order valence-electron chi connectivity index (χ1n) is 6.20. The third-order valence-corrected chi connectivity index (χ3v) is 2.83. The van der Waals surface area contributed by atoms with Crippen molar-refractivity contribution in [3.63, 3.8) is 0 Å². The fraction of sp³-hybridized carbons (Fsp3) is 0.200. The monoisotopic (exact) mass is 269 g/mol. The van der Waals surface area contributed by atoms with Crippen molar-refractivity contribution in [2.45, 2.75) is 13.5 Å². The molecule has 2 N–H and O–H groups in total. The van der Waals surface area contributed by atoms with Crippen LogP contribution in [0, 0.1) is 12.3 Å². The van der Waals surface area contributed by atoms with Gasteiger partial charge in [-0.1, -0.05) is 18.1 Å². The number of anilines is 1. The van der Waals surface area contributed by atoms with Gasteiger partial charge < -0.3 is 10.5 Å². The lowest BCUT2D eigenvalue weighted by molar-refractivity contribution is 0.112. The first-order chi connectivity index (χ1) is 9.72. The van der Waals surface area contributed by atoms with E-state index in [-0.39, 0.29) is 12.4 Å². The van der Waals surface area contributed by atoms with Crippen molar-refractivity contribution >= 4 is 12.1 Å². The average molecular weight is 269 g/mol. The summed E-state index contributed by atoms with van der Waals surface area (Å²) in [4.78, 5) is 11.3. The molecule has 20 heavy (non-hydrogen) atoms. The number of para-hydroxylation sites is 1. The second kappa shape index (κ2) is 5.93. The van der Waals surface area contributed by atoms with Crippen LogP contribution < -0.4 is 10.5 Å². The van der Waals surface area contributed by atoms with Gasteiger partial charge in [-0.15, -0.1) is 6.42 Å². The number of hydrogen-bond donors (Lipinski definition) is 1. The molecule has 1 aromatic carbocycles. The van der Waals surface area contributed by atoms with Crippen LogP contribution in [0.3, 0.4) is 0 Å². The molecule has 0 aliphatic heterocycles. The number of nitrogens with two attached hydrogens (primary N) is 1. The van der Waals surface area contributed by atoms with Crippen LogP contribution in [0.5, 0.6) is 5.75 Å². The van der Waals surface area contributed by atoms with Crippen LogP contribution in [0.15, 0.2) is 24.3 Å². The highest BCUT2D eigenvalue weighted by Crippen LogP contribution is 2.33. The van der Waals surface area contributed by atoms with Crippen molar-refractivity contribution < 1.29 is 9.53 Å². The van der Waals surface area contributed by atoms with Crippen molar-refractivity contribution in [2.24, 2.45) is 0 Å². The van der Waals surface area contributed by atoms with Gasteiger partial charge in [0.1, 0.15) is 23.8 Å². The van der Waals surface area contributed by atoms with E-state index in [0.717, 1.165) is 5.56 Å². The van der Waals surface area contributed by atoms with E-state index < -0.39 is 0 Å². The summed E-state index contributed by atoms with van der Waals surface area (Å²) in [5.74, 6) is 3.37. The number of benzene rings is 1. The Morgan fingerprint density at radius 2 is 2.25 bits per heavy atom. The Morgan fingerprint density at radius 3 is 2.90 bits per heavy atom. The van der Waals surface area contributed by atoms with Crippen LogP contribution in [0.2, 0.25) is 0 Å². The minimum Gasteiger partial charge on any atom is -0.493 e. The summed E-state index contributed by atoms with van der Waals surface area (Å²) in [6, 6.07) is 7.36. The van der Waals surface area contributed by atoms with Crippen LogP contribution in [0.1, 0.15) is 17.3 Å². The Morgan fingerprint density at radius 1 is 1.50 bits per heavy atom. The van der Waals surface area contributed by atoms with Gasteiger partial charge in [0.2, 0.25) is 0 Å². The lowest BCUT2D eigenvalue weighted by Crippen LogP contribution is -2.03. The molecule has 0 saturated carbocycles. The Balaban J connectivity index is 2.61. The molecule has 0 unspecified atom stereocenters. The smallest absolute Gasteiger partial charge is 0.156 e. The molecule has 1 heterocycles. The lowest BCUT2D eigenvalue weighted by atomic mass is 10.1. The minimum absolute atomic E-state index is 0.212. The van der Waals surface area contributed by atoms with Crippen molar-refractivity contribution in [1.29, 1.82) is 0 Å². The average Bonchev–Trinajstić information content (AvgIpc) is 2.77. The number of aromatic nitrogens is 2. The van der Waals surface area contributed by atoms with Crippen LogP contribution in [-0.2, 0) is 6.54 Å². The molecule has 0 atom stereocenters. The predicted octanol–water partition coefficient (Wildman–Crippen LogP) is 1.98. The molecule has 0 spiro atoms. The molecule has 1 aromatic heterocycles. The Labute approximate surface area is 117 Å². The SMILES string of the molecule is C#CCn1nc(-c2ccccc2OCC)c(C=O)c1N. The lowest BCUT2D eigenvalue weighted by Gasteiger charge is -2.08. The second-order valence-corrected chi connectivity index (χ2v) is 4.06. The van der Waals surface area contributed by atoms with Crippen LogP contribution in [0.25, 0.3) is 11.3 Å². The van der Waals surface area contributed by atoms with Crippen LogP contribution >= 0.6 is 0 Å². The summed E-state index contributed by atoms with van der Waals surface area (Å²) >= 11 is 0. The van der Waals surface area contributed by atoms with Crippen molar-refractivity contribution in [1.82, 2.24) is 9.78 Å². The molecular weight excluding hydrogens is 254 g/mol. The Kier molecular flexibility index (Phi) is 4.06. The third-order valence-electron chi connectivity index (χ3n) is 2.83. The molecule has 5 heteroatoms. The highest BCUT2D eigenvalue weighted by Gasteiger charge is 2.18. The fourth-order valence-corrected chi connectivity index (χ4v) is 1.95. The second-order valence-electron chi connectivity index (χ2n) is 4.06. The minimum atomic E-state index is 0.212. The largest absolute Gasteiger partial charge is 0.493 e. The first-order valence-corrected chi connectivity index (χ1v) is 6.20. The van der Waals surface area contributed by atoms with Gasteiger partial charge in [0, 0.05) is 5.56 Å². The molecule has 2 rings (SSSR count). The van der Waals surface area contributed by atoms with E-state index in [0.29, 0.717) is 29.9 Å². The van der Waals surface area contributed by atoms with Gasteiger partial charge in [0.15, 0.2) is 6.29 Å². The zero-order valence-corrected chi connectivity index (χ0v) is 11.2. The summed E-state index contributed by atoms with van der Waals surface area (Å²) < 4.78 is 6.99. The molecule has 102 valence electrons. The summed E-state index contributed by atoms with van der Waals surface area (Å²) in [7, 11) is 0. The molecule has 0 fully saturated rings. The molecule has 0 amide bonds. The number of ether oxygens (including phenoxy) is 1. The zero-order valence-electron chi connectivity index (χ0n) is 11.2.